The van der Waals surface area contributed by atoms with Crippen molar-refractivity contribution in [3.05, 3.63) is 24.3 Å². The second kappa shape index (κ2) is 6.57. The first kappa shape index (κ1) is 13.1. The zero-order valence-corrected chi connectivity index (χ0v) is 9.59. The summed E-state index contributed by atoms with van der Waals surface area (Å²) in [7, 11) is 0. The minimum Gasteiger partial charge on any atom is -0.481 e. The fourth-order valence-electron chi connectivity index (χ4n) is 1.38. The van der Waals surface area contributed by atoms with E-state index < -0.39 is 17.8 Å². The molecule has 0 radical (unpaired) electrons. The third-order valence-corrected chi connectivity index (χ3v) is 2.29. The van der Waals surface area contributed by atoms with Crippen LogP contribution in [-0.4, -0.2) is 33.5 Å². The molecular formula is C11H15N3O3. The number of carboxylic acids is 1. The van der Waals surface area contributed by atoms with Gasteiger partial charge in [0.1, 0.15) is 5.69 Å². The molecule has 6 nitrogen and oxygen atoms in total. The predicted molar refractivity (Wildman–Crippen MR) is 60.4 cm³/mol. The fourth-order valence-corrected chi connectivity index (χ4v) is 1.38. The molecule has 1 aromatic heterocycles. The first-order valence-corrected chi connectivity index (χ1v) is 5.42. The molecule has 0 spiro atoms. The predicted octanol–water partition coefficient (Wildman–Crippen LogP) is 0.707. The van der Waals surface area contributed by atoms with Gasteiger partial charge in [-0.3, -0.25) is 14.6 Å². The van der Waals surface area contributed by atoms with Crippen LogP contribution in [0.4, 0.5) is 0 Å². The molecule has 0 saturated heterocycles. The minimum atomic E-state index is -0.897. The van der Waals surface area contributed by atoms with Gasteiger partial charge in [0.15, 0.2) is 0 Å². The number of aromatic nitrogens is 2. The number of nitrogens with zero attached hydrogens (tertiary/aromatic N) is 2. The zero-order valence-electron chi connectivity index (χ0n) is 9.59. The van der Waals surface area contributed by atoms with E-state index in [0.29, 0.717) is 6.42 Å². The van der Waals surface area contributed by atoms with Crippen LogP contribution < -0.4 is 5.32 Å². The number of hydrogen-bond acceptors (Lipinski definition) is 4. The molecular weight excluding hydrogens is 222 g/mol. The summed E-state index contributed by atoms with van der Waals surface area (Å²) in [5, 5.41) is 11.5. The summed E-state index contributed by atoms with van der Waals surface area (Å²) in [5.41, 5.74) is 0.188. The molecule has 0 bridgehead atoms. The lowest BCUT2D eigenvalue weighted by atomic mass is 10.0. The van der Waals surface area contributed by atoms with Gasteiger partial charge in [0.25, 0.3) is 5.91 Å². The van der Waals surface area contributed by atoms with Crippen molar-refractivity contribution in [3.63, 3.8) is 0 Å². The molecule has 1 aromatic rings. The van der Waals surface area contributed by atoms with Crippen molar-refractivity contribution in [2.75, 3.05) is 6.54 Å². The van der Waals surface area contributed by atoms with Gasteiger partial charge in [-0.2, -0.15) is 0 Å². The van der Waals surface area contributed by atoms with Crippen molar-refractivity contribution in [1.29, 1.82) is 0 Å². The molecule has 0 aliphatic carbocycles. The van der Waals surface area contributed by atoms with Crippen LogP contribution in [0.2, 0.25) is 0 Å². The quantitative estimate of drug-likeness (QED) is 0.760. The Balaban J connectivity index is 2.49. The van der Waals surface area contributed by atoms with Gasteiger partial charge in [-0.15, -0.1) is 0 Å². The molecule has 0 aliphatic rings. The Labute approximate surface area is 99.1 Å². The van der Waals surface area contributed by atoms with Crippen molar-refractivity contribution in [1.82, 2.24) is 15.3 Å². The molecule has 0 fully saturated rings. The topological polar surface area (TPSA) is 92.2 Å². The smallest absolute Gasteiger partial charge is 0.308 e. The van der Waals surface area contributed by atoms with Crippen LogP contribution in [0.25, 0.3) is 0 Å². The number of hydrogen-bond donors (Lipinski definition) is 2. The molecule has 0 saturated carbocycles. The van der Waals surface area contributed by atoms with E-state index in [0.717, 1.165) is 6.42 Å². The summed E-state index contributed by atoms with van der Waals surface area (Å²) in [6.07, 6.45) is 5.52. The summed E-state index contributed by atoms with van der Waals surface area (Å²) in [5.74, 6) is -1.85. The summed E-state index contributed by atoms with van der Waals surface area (Å²) < 4.78 is 0. The molecule has 17 heavy (non-hydrogen) atoms. The lowest BCUT2D eigenvalue weighted by Gasteiger charge is -2.11. The second-order valence-corrected chi connectivity index (χ2v) is 3.62. The fraction of sp³-hybridized carbons (Fsp3) is 0.455. The first-order valence-electron chi connectivity index (χ1n) is 5.42. The van der Waals surface area contributed by atoms with Gasteiger partial charge < -0.3 is 10.4 Å². The largest absolute Gasteiger partial charge is 0.481 e. The van der Waals surface area contributed by atoms with Crippen LogP contribution in [0.15, 0.2) is 18.6 Å². The van der Waals surface area contributed by atoms with Crippen LogP contribution in [0.1, 0.15) is 30.3 Å². The van der Waals surface area contributed by atoms with Crippen LogP contribution in [0.5, 0.6) is 0 Å². The van der Waals surface area contributed by atoms with Crippen molar-refractivity contribution >= 4 is 11.9 Å². The summed E-state index contributed by atoms with van der Waals surface area (Å²) in [6, 6.07) is 0. The Morgan fingerprint density at radius 2 is 2.24 bits per heavy atom. The molecule has 92 valence electrons. The number of rotatable bonds is 6. The highest BCUT2D eigenvalue weighted by atomic mass is 16.4. The Morgan fingerprint density at radius 3 is 2.76 bits per heavy atom. The lowest BCUT2D eigenvalue weighted by Crippen LogP contribution is -2.33. The van der Waals surface area contributed by atoms with E-state index in [2.05, 4.69) is 15.3 Å². The molecule has 2 N–H and O–H groups in total. The van der Waals surface area contributed by atoms with Crippen molar-refractivity contribution < 1.29 is 14.7 Å². The second-order valence-electron chi connectivity index (χ2n) is 3.62. The molecule has 0 aliphatic heterocycles. The highest BCUT2D eigenvalue weighted by Gasteiger charge is 2.17. The van der Waals surface area contributed by atoms with E-state index in [4.69, 9.17) is 5.11 Å². The van der Waals surface area contributed by atoms with Gasteiger partial charge in [0, 0.05) is 18.9 Å². The highest BCUT2D eigenvalue weighted by Crippen LogP contribution is 2.05. The molecule has 0 aromatic carbocycles. The maximum atomic E-state index is 11.6. The summed E-state index contributed by atoms with van der Waals surface area (Å²) in [6.45, 7) is 2.01. The highest BCUT2D eigenvalue weighted by molar-refractivity contribution is 5.92. The van der Waals surface area contributed by atoms with E-state index in [1.165, 1.54) is 18.6 Å². The number of carboxylic acid groups (broad SMARTS) is 1. The maximum Gasteiger partial charge on any atom is 0.308 e. The van der Waals surface area contributed by atoms with Crippen LogP contribution >= 0.6 is 0 Å². The summed E-state index contributed by atoms with van der Waals surface area (Å²) >= 11 is 0. The van der Waals surface area contributed by atoms with E-state index in [-0.39, 0.29) is 12.2 Å². The van der Waals surface area contributed by atoms with E-state index in [1.54, 1.807) is 0 Å². The van der Waals surface area contributed by atoms with Gasteiger partial charge >= 0.3 is 5.97 Å². The zero-order chi connectivity index (χ0) is 12.7. The molecule has 1 unspecified atom stereocenters. The van der Waals surface area contributed by atoms with Gasteiger partial charge in [-0.25, -0.2) is 4.98 Å². The number of aliphatic carboxylic acids is 1. The monoisotopic (exact) mass is 237 g/mol. The molecule has 1 heterocycles. The SMILES string of the molecule is CCCC(CNC(=O)c1cnccn1)C(=O)O. The van der Waals surface area contributed by atoms with Crippen LogP contribution in [0.3, 0.4) is 0 Å². The van der Waals surface area contributed by atoms with Crippen molar-refractivity contribution in [2.24, 2.45) is 5.92 Å². The average Bonchev–Trinajstić information content (AvgIpc) is 2.34. The molecule has 1 amide bonds. The standard InChI is InChI=1S/C11H15N3O3/c1-2-3-8(11(16)17)6-14-10(15)9-7-12-4-5-13-9/h4-5,7-8H,2-3,6H2,1H3,(H,14,15)(H,16,17). The van der Waals surface area contributed by atoms with Crippen LogP contribution in [-0.2, 0) is 4.79 Å². The number of amides is 1. The number of nitrogens with one attached hydrogen (secondary N) is 1. The van der Waals surface area contributed by atoms with E-state index in [1.807, 2.05) is 6.92 Å². The van der Waals surface area contributed by atoms with Gasteiger partial charge in [-0.05, 0) is 6.42 Å². The normalized spacial score (nSPS) is 11.8. The maximum absolute atomic E-state index is 11.6. The Bertz CT molecular complexity index is 381. The minimum absolute atomic E-state index is 0.110. The van der Waals surface area contributed by atoms with Crippen molar-refractivity contribution in [2.45, 2.75) is 19.8 Å². The van der Waals surface area contributed by atoms with Crippen LogP contribution in [0, 0.1) is 5.92 Å². The Morgan fingerprint density at radius 1 is 1.47 bits per heavy atom. The van der Waals surface area contributed by atoms with Gasteiger partial charge in [-0.1, -0.05) is 13.3 Å². The van der Waals surface area contributed by atoms with E-state index >= 15 is 0 Å². The third kappa shape index (κ3) is 4.18. The molecule has 6 heteroatoms. The average molecular weight is 237 g/mol. The summed E-state index contributed by atoms with van der Waals surface area (Å²) in [4.78, 5) is 30.0. The first-order chi connectivity index (χ1) is 8.15. The van der Waals surface area contributed by atoms with Gasteiger partial charge in [0.2, 0.25) is 0 Å². The third-order valence-electron chi connectivity index (χ3n) is 2.29. The van der Waals surface area contributed by atoms with Crippen molar-refractivity contribution in [3.8, 4) is 0 Å². The lowest BCUT2D eigenvalue weighted by molar-refractivity contribution is -0.141. The Hall–Kier alpha value is -1.98. The van der Waals surface area contributed by atoms with Gasteiger partial charge in [0.05, 0.1) is 12.1 Å². The number of carbonyl (C=O) groups excluding carboxylic acids is 1. The number of carbonyl (C=O) groups is 2. The molecule has 1 rings (SSSR count). The Kier molecular flexibility index (Phi) is 5.06. The van der Waals surface area contributed by atoms with E-state index in [9.17, 15) is 9.59 Å². The molecule has 1 atom stereocenters.